The Labute approximate surface area is 381 Å². The SMILES string of the molecule is O=C(CCCCn1cc(-c2ccc(OC(F)(F)F)cc2)c2cc(CN3CCN(Cc4c(Cl)cccc4Cl)CC3)ccc21)C1(NCc2cccnc2-c2cccc(Cl)c2)CCNCC1. The molecule has 6 aromatic rings. The fourth-order valence-corrected chi connectivity index (χ4v) is 9.63. The molecular weight excluding hydrogens is 868 g/mol. The van der Waals surface area contributed by atoms with Gasteiger partial charge in [-0.2, -0.15) is 0 Å². The van der Waals surface area contributed by atoms with E-state index in [9.17, 15) is 18.0 Å². The zero-order valence-electron chi connectivity index (χ0n) is 34.9. The van der Waals surface area contributed by atoms with Gasteiger partial charge in [-0.1, -0.05) is 77.3 Å². The van der Waals surface area contributed by atoms with Gasteiger partial charge < -0.3 is 19.9 Å². The summed E-state index contributed by atoms with van der Waals surface area (Å²) in [5, 5.41) is 10.1. The lowest BCUT2D eigenvalue weighted by Crippen LogP contribution is -2.57. The van der Waals surface area contributed by atoms with E-state index in [1.807, 2.05) is 54.6 Å². The minimum Gasteiger partial charge on any atom is -0.406 e. The molecule has 8 nitrogen and oxygen atoms in total. The quantitative estimate of drug-likeness (QED) is 0.0937. The first kappa shape index (κ1) is 45.1. The first-order valence-corrected chi connectivity index (χ1v) is 22.6. The van der Waals surface area contributed by atoms with Crippen molar-refractivity contribution in [3.05, 3.63) is 141 Å². The Kier molecular flexibility index (Phi) is 14.4. The molecular formula is C49H50Cl3F3N6O2. The van der Waals surface area contributed by atoms with Gasteiger partial charge in [-0.25, -0.2) is 0 Å². The van der Waals surface area contributed by atoms with E-state index < -0.39 is 11.9 Å². The molecule has 0 amide bonds. The third-order valence-electron chi connectivity index (χ3n) is 12.3. The second-order valence-electron chi connectivity index (χ2n) is 16.5. The number of aromatic nitrogens is 2. The fourth-order valence-electron chi connectivity index (χ4n) is 8.92. The standard InChI is InChI=1S/C49H50Cl3F3N6O2/c50-38-8-3-6-36(29-38)47-37(7-5-20-57-47)30-58-48(18-21-56-22-19-48)46(62)11-1-2-23-61-33-41(35-13-15-39(16-14-35)63-49(53,54)55)40-28-34(12-17-45(40)61)31-59-24-26-60(27-25-59)32-42-43(51)9-4-10-44(42)52/h3-10,12-17,20,28-29,33,56,58H,1-2,11,18-19,21-27,30-32H2. The van der Waals surface area contributed by atoms with Gasteiger partial charge in [0.1, 0.15) is 5.75 Å². The van der Waals surface area contributed by atoms with Crippen molar-refractivity contribution in [2.45, 2.75) is 70.2 Å². The molecule has 14 heteroatoms. The summed E-state index contributed by atoms with van der Waals surface area (Å²) in [6, 6.07) is 29.8. The van der Waals surface area contributed by atoms with Crippen LogP contribution in [-0.2, 0) is 31.0 Å². The molecule has 0 aliphatic carbocycles. The molecule has 4 aromatic carbocycles. The second kappa shape index (κ2) is 20.2. The van der Waals surface area contributed by atoms with Gasteiger partial charge in [0.2, 0.25) is 0 Å². The molecule has 330 valence electrons. The van der Waals surface area contributed by atoms with E-state index in [0.717, 1.165) is 102 Å². The lowest BCUT2D eigenvalue weighted by atomic mass is 9.81. The number of nitrogens with zero attached hydrogens (tertiary/aromatic N) is 4. The van der Waals surface area contributed by atoms with E-state index in [-0.39, 0.29) is 11.5 Å². The number of hydrogen-bond acceptors (Lipinski definition) is 7. The normalized spacial score (nSPS) is 16.1. The van der Waals surface area contributed by atoms with Gasteiger partial charge in [-0.3, -0.25) is 19.6 Å². The summed E-state index contributed by atoms with van der Waals surface area (Å²) in [6.45, 7) is 7.67. The average Bonchev–Trinajstić information content (AvgIpc) is 3.64. The molecule has 2 fully saturated rings. The molecule has 63 heavy (non-hydrogen) atoms. The van der Waals surface area contributed by atoms with E-state index in [0.29, 0.717) is 60.4 Å². The summed E-state index contributed by atoms with van der Waals surface area (Å²) in [5.74, 6) is -0.0474. The maximum Gasteiger partial charge on any atom is 0.573 e. The van der Waals surface area contributed by atoms with Crippen LogP contribution in [0.3, 0.4) is 0 Å². The van der Waals surface area contributed by atoms with Gasteiger partial charge in [0.05, 0.1) is 11.2 Å². The van der Waals surface area contributed by atoms with Crippen LogP contribution in [0.5, 0.6) is 5.75 Å². The number of halogens is 6. The first-order valence-electron chi connectivity index (χ1n) is 21.5. The third kappa shape index (κ3) is 11.3. The minimum atomic E-state index is -4.77. The highest BCUT2D eigenvalue weighted by Gasteiger charge is 2.38. The van der Waals surface area contributed by atoms with Crippen LogP contribution in [0.1, 0.15) is 48.8 Å². The molecule has 2 aromatic heterocycles. The topological polar surface area (TPSA) is 74.7 Å². The van der Waals surface area contributed by atoms with E-state index in [4.69, 9.17) is 34.8 Å². The van der Waals surface area contributed by atoms with Crippen LogP contribution in [-0.4, -0.2) is 76.3 Å². The molecule has 0 bridgehead atoms. The van der Waals surface area contributed by atoms with E-state index in [1.165, 1.54) is 12.1 Å². The number of ether oxygens (including phenoxy) is 1. The Morgan fingerprint density at radius 1 is 0.810 bits per heavy atom. The van der Waals surface area contributed by atoms with Crippen LogP contribution in [0.25, 0.3) is 33.3 Å². The number of hydrogen-bond donors (Lipinski definition) is 2. The molecule has 0 saturated carbocycles. The van der Waals surface area contributed by atoms with Crippen LogP contribution in [0, 0.1) is 0 Å². The van der Waals surface area contributed by atoms with Gasteiger partial charge in [-0.15, -0.1) is 13.2 Å². The number of carbonyl (C=O) groups excluding carboxylic acids is 1. The van der Waals surface area contributed by atoms with E-state index in [2.05, 4.69) is 59.1 Å². The second-order valence-corrected chi connectivity index (χ2v) is 17.8. The number of benzene rings is 4. The number of fused-ring (bicyclic) bond motifs is 1. The Morgan fingerprint density at radius 2 is 1.52 bits per heavy atom. The number of alkyl halides is 3. The maximum atomic E-state index is 14.2. The number of Topliss-reactive ketones (excluding diaryl/α,β-unsaturated/α-hetero) is 1. The molecule has 0 unspecified atom stereocenters. The molecule has 2 aliphatic rings. The lowest BCUT2D eigenvalue weighted by molar-refractivity contribution is -0.274. The van der Waals surface area contributed by atoms with Crippen LogP contribution >= 0.6 is 34.8 Å². The number of nitrogens with one attached hydrogen (secondary N) is 2. The van der Waals surface area contributed by atoms with Gasteiger partial charge >= 0.3 is 6.36 Å². The third-order valence-corrected chi connectivity index (χ3v) is 13.3. The van der Waals surface area contributed by atoms with Gasteiger partial charge in [0, 0.05) is 114 Å². The number of pyridine rings is 1. The van der Waals surface area contributed by atoms with Crippen LogP contribution in [0.4, 0.5) is 13.2 Å². The number of carbonyl (C=O) groups is 1. The van der Waals surface area contributed by atoms with Crippen molar-refractivity contribution in [3.63, 3.8) is 0 Å². The Morgan fingerprint density at radius 3 is 2.24 bits per heavy atom. The fraction of sp³-hybridized carbons (Fsp3) is 0.347. The highest BCUT2D eigenvalue weighted by atomic mass is 35.5. The van der Waals surface area contributed by atoms with E-state index in [1.54, 1.807) is 18.3 Å². The van der Waals surface area contributed by atoms with E-state index >= 15 is 0 Å². The summed E-state index contributed by atoms with van der Waals surface area (Å²) in [5.41, 5.74) is 6.98. The zero-order valence-corrected chi connectivity index (χ0v) is 37.1. The molecule has 0 atom stereocenters. The van der Waals surface area contributed by atoms with Crippen molar-refractivity contribution in [2.75, 3.05) is 39.3 Å². The smallest absolute Gasteiger partial charge is 0.406 e. The first-order chi connectivity index (χ1) is 30.4. The van der Waals surface area contributed by atoms with Gasteiger partial charge in [0.25, 0.3) is 0 Å². The molecule has 8 rings (SSSR count). The molecule has 4 heterocycles. The largest absolute Gasteiger partial charge is 0.573 e. The highest BCUT2D eigenvalue weighted by molar-refractivity contribution is 6.36. The van der Waals surface area contributed by atoms with Crippen molar-refractivity contribution in [2.24, 2.45) is 0 Å². The average molecular weight is 918 g/mol. The zero-order chi connectivity index (χ0) is 44.0. The summed E-state index contributed by atoms with van der Waals surface area (Å²) >= 11 is 19.2. The minimum absolute atomic E-state index is 0.217. The summed E-state index contributed by atoms with van der Waals surface area (Å²) in [6.07, 6.45) is 2.40. The van der Waals surface area contributed by atoms with Crippen molar-refractivity contribution in [1.82, 2.24) is 30.0 Å². The molecule has 0 radical (unpaired) electrons. The number of ketones is 1. The number of unbranched alkanes of at least 4 members (excludes halogenated alkanes) is 1. The van der Waals surface area contributed by atoms with Crippen molar-refractivity contribution < 1.29 is 22.7 Å². The van der Waals surface area contributed by atoms with Crippen LogP contribution < -0.4 is 15.4 Å². The predicted octanol–water partition coefficient (Wildman–Crippen LogP) is 11.2. The molecule has 2 saturated heterocycles. The molecule has 0 spiro atoms. The lowest BCUT2D eigenvalue weighted by Gasteiger charge is -2.37. The number of piperidine rings is 1. The highest BCUT2D eigenvalue weighted by Crippen LogP contribution is 2.35. The summed E-state index contributed by atoms with van der Waals surface area (Å²) in [4.78, 5) is 23.6. The summed E-state index contributed by atoms with van der Waals surface area (Å²) in [7, 11) is 0. The Balaban J connectivity index is 0.944. The van der Waals surface area contributed by atoms with Crippen molar-refractivity contribution >= 4 is 51.5 Å². The van der Waals surface area contributed by atoms with Crippen LogP contribution in [0.15, 0.2) is 109 Å². The van der Waals surface area contributed by atoms with Gasteiger partial charge in [0.15, 0.2) is 5.78 Å². The Hall–Kier alpha value is -4.46. The Bertz CT molecular complexity index is 2500. The number of piperazine rings is 1. The maximum absolute atomic E-state index is 14.2. The van der Waals surface area contributed by atoms with Gasteiger partial charge in [-0.05, 0) is 110 Å². The molecule has 2 N–H and O–H groups in total. The van der Waals surface area contributed by atoms with Crippen molar-refractivity contribution in [1.29, 1.82) is 0 Å². The van der Waals surface area contributed by atoms with Crippen LogP contribution in [0.2, 0.25) is 15.1 Å². The molecule has 2 aliphatic heterocycles. The van der Waals surface area contributed by atoms with Crippen molar-refractivity contribution in [3.8, 4) is 28.1 Å². The predicted molar refractivity (Wildman–Crippen MR) is 246 cm³/mol. The summed E-state index contributed by atoms with van der Waals surface area (Å²) < 4.78 is 45.4. The number of aryl methyl sites for hydroxylation is 1. The monoisotopic (exact) mass is 916 g/mol. The number of rotatable bonds is 16.